The molecule has 2 rings (SSSR count). The van der Waals surface area contributed by atoms with Crippen LogP contribution < -0.4 is 0 Å². The highest BCUT2D eigenvalue weighted by Crippen LogP contribution is 2.29. The van der Waals surface area contributed by atoms with Crippen molar-refractivity contribution in [1.29, 1.82) is 0 Å². The molecule has 0 aliphatic carbocycles. The Bertz CT molecular complexity index is 514. The van der Waals surface area contributed by atoms with Crippen LogP contribution in [0.2, 0.25) is 0 Å². The molecule has 19 heavy (non-hydrogen) atoms. The molecular formula is C17H20F2. The Morgan fingerprint density at radius 2 is 1.58 bits per heavy atom. The summed E-state index contributed by atoms with van der Waals surface area (Å²) in [6, 6.07) is 14.7. The molecule has 0 spiro atoms. The third-order valence-electron chi connectivity index (χ3n) is 3.66. The van der Waals surface area contributed by atoms with Gasteiger partial charge < -0.3 is 0 Å². The average molecular weight is 262 g/mol. The maximum Gasteiger partial charge on any atom is 0.238 e. The van der Waals surface area contributed by atoms with Gasteiger partial charge in [-0.1, -0.05) is 55.8 Å². The van der Waals surface area contributed by atoms with Crippen LogP contribution in [-0.4, -0.2) is 6.43 Å². The Labute approximate surface area is 113 Å². The molecule has 0 aliphatic rings. The van der Waals surface area contributed by atoms with Gasteiger partial charge in [-0.3, -0.25) is 0 Å². The van der Waals surface area contributed by atoms with Crippen LogP contribution in [0.4, 0.5) is 8.78 Å². The lowest BCUT2D eigenvalue weighted by Gasteiger charge is -2.14. The minimum absolute atomic E-state index is 0.0300. The van der Waals surface area contributed by atoms with Gasteiger partial charge in [0.15, 0.2) is 0 Å². The van der Waals surface area contributed by atoms with Crippen LogP contribution in [0.3, 0.4) is 0 Å². The molecule has 102 valence electrons. The first kappa shape index (κ1) is 14.0. The lowest BCUT2D eigenvalue weighted by molar-refractivity contribution is 0.133. The highest BCUT2D eigenvalue weighted by Gasteiger charge is 2.09. The van der Waals surface area contributed by atoms with Gasteiger partial charge in [0.2, 0.25) is 6.43 Å². The van der Waals surface area contributed by atoms with Crippen LogP contribution in [0.1, 0.15) is 44.1 Å². The monoisotopic (exact) mass is 262 g/mol. The first-order chi connectivity index (χ1) is 9.18. The average Bonchev–Trinajstić information content (AvgIpc) is 2.42. The Kier molecular flexibility index (Phi) is 4.89. The highest BCUT2D eigenvalue weighted by atomic mass is 19.3. The first-order valence-corrected chi connectivity index (χ1v) is 6.94. The van der Waals surface area contributed by atoms with E-state index in [1.165, 1.54) is 16.3 Å². The minimum Gasteiger partial charge on any atom is -0.211 e. The molecule has 0 radical (unpaired) electrons. The van der Waals surface area contributed by atoms with E-state index >= 15 is 0 Å². The molecule has 1 atom stereocenters. The van der Waals surface area contributed by atoms with Crippen LogP contribution >= 0.6 is 0 Å². The molecule has 0 nitrogen and oxygen atoms in total. The molecule has 0 aliphatic heterocycles. The Hall–Kier alpha value is -1.44. The van der Waals surface area contributed by atoms with Gasteiger partial charge >= 0.3 is 0 Å². The number of halogens is 2. The molecule has 0 saturated carbocycles. The maximum absolute atomic E-state index is 12.1. The second-order valence-corrected chi connectivity index (χ2v) is 5.14. The van der Waals surface area contributed by atoms with E-state index in [-0.39, 0.29) is 6.42 Å². The molecular weight excluding hydrogens is 242 g/mol. The second kappa shape index (κ2) is 6.65. The zero-order valence-corrected chi connectivity index (χ0v) is 11.3. The van der Waals surface area contributed by atoms with E-state index in [0.29, 0.717) is 12.3 Å². The van der Waals surface area contributed by atoms with Crippen LogP contribution in [0.15, 0.2) is 42.5 Å². The van der Waals surface area contributed by atoms with Crippen LogP contribution in [-0.2, 0) is 0 Å². The van der Waals surface area contributed by atoms with Gasteiger partial charge in [0.1, 0.15) is 0 Å². The summed E-state index contributed by atoms with van der Waals surface area (Å²) in [6.45, 7) is 2.18. The molecule has 2 aromatic carbocycles. The quantitative estimate of drug-likeness (QED) is 0.580. The molecule has 0 aromatic heterocycles. The number of fused-ring (bicyclic) bond motifs is 1. The van der Waals surface area contributed by atoms with Crippen LogP contribution in [0.25, 0.3) is 10.8 Å². The summed E-state index contributed by atoms with van der Waals surface area (Å²) in [5, 5.41) is 2.53. The highest BCUT2D eigenvalue weighted by molar-refractivity contribution is 5.86. The van der Waals surface area contributed by atoms with Gasteiger partial charge in [0.05, 0.1) is 0 Å². The van der Waals surface area contributed by atoms with Crippen LogP contribution in [0, 0.1) is 0 Å². The van der Waals surface area contributed by atoms with E-state index in [4.69, 9.17) is 0 Å². The SMILES string of the molecule is CC(CCCCC(F)F)c1cccc2ccccc12. The number of unbranched alkanes of at least 4 members (excludes halogenated alkanes) is 1. The number of alkyl halides is 2. The summed E-state index contributed by atoms with van der Waals surface area (Å²) in [5.74, 6) is 0.420. The first-order valence-electron chi connectivity index (χ1n) is 6.94. The Balaban J connectivity index is 2.03. The fourth-order valence-electron chi connectivity index (χ4n) is 2.58. The molecule has 2 aromatic rings. The maximum atomic E-state index is 12.1. The molecule has 1 unspecified atom stereocenters. The summed E-state index contributed by atoms with van der Waals surface area (Å²) in [6.07, 6.45) is 0.331. The smallest absolute Gasteiger partial charge is 0.211 e. The summed E-state index contributed by atoms with van der Waals surface area (Å²) in [5.41, 5.74) is 1.33. The van der Waals surface area contributed by atoms with Crippen molar-refractivity contribution in [2.24, 2.45) is 0 Å². The molecule has 0 fully saturated rings. The summed E-state index contributed by atoms with van der Waals surface area (Å²) in [4.78, 5) is 0. The summed E-state index contributed by atoms with van der Waals surface area (Å²) in [7, 11) is 0. The second-order valence-electron chi connectivity index (χ2n) is 5.14. The van der Waals surface area contributed by atoms with Crippen molar-refractivity contribution in [2.75, 3.05) is 0 Å². The third-order valence-corrected chi connectivity index (χ3v) is 3.66. The number of hydrogen-bond donors (Lipinski definition) is 0. The van der Waals surface area contributed by atoms with Crippen molar-refractivity contribution in [1.82, 2.24) is 0 Å². The Morgan fingerprint density at radius 3 is 2.37 bits per heavy atom. The van der Waals surface area contributed by atoms with Crippen molar-refractivity contribution >= 4 is 10.8 Å². The van der Waals surface area contributed by atoms with Crippen molar-refractivity contribution in [2.45, 2.75) is 45.0 Å². The number of benzene rings is 2. The zero-order valence-electron chi connectivity index (χ0n) is 11.3. The van der Waals surface area contributed by atoms with E-state index in [1.807, 2.05) is 6.07 Å². The molecule has 0 saturated heterocycles. The predicted octanol–water partition coefficient (Wildman–Crippen LogP) is 5.77. The molecule has 0 bridgehead atoms. The van der Waals surface area contributed by atoms with Crippen molar-refractivity contribution < 1.29 is 8.78 Å². The fraction of sp³-hybridized carbons (Fsp3) is 0.412. The van der Waals surface area contributed by atoms with E-state index < -0.39 is 6.43 Å². The topological polar surface area (TPSA) is 0 Å². The fourth-order valence-corrected chi connectivity index (χ4v) is 2.58. The molecule has 0 amide bonds. The molecule has 2 heteroatoms. The predicted molar refractivity (Wildman–Crippen MR) is 76.8 cm³/mol. The van der Waals surface area contributed by atoms with Gasteiger partial charge in [-0.2, -0.15) is 0 Å². The van der Waals surface area contributed by atoms with Crippen molar-refractivity contribution in [3.63, 3.8) is 0 Å². The van der Waals surface area contributed by atoms with Gasteiger partial charge in [0.25, 0.3) is 0 Å². The van der Waals surface area contributed by atoms with E-state index in [1.54, 1.807) is 0 Å². The van der Waals surface area contributed by atoms with E-state index in [2.05, 4.69) is 43.3 Å². The van der Waals surface area contributed by atoms with Gasteiger partial charge in [0, 0.05) is 6.42 Å². The van der Waals surface area contributed by atoms with E-state index in [9.17, 15) is 8.78 Å². The standard InChI is InChI=1S/C17H20F2/c1-13(7-2-5-12-17(18)19)15-11-6-9-14-8-3-4-10-16(14)15/h3-4,6,8-11,13,17H,2,5,7,12H2,1H3. The molecule has 0 heterocycles. The summed E-state index contributed by atoms with van der Waals surface area (Å²) >= 11 is 0. The number of hydrogen-bond acceptors (Lipinski definition) is 0. The third kappa shape index (κ3) is 3.76. The van der Waals surface area contributed by atoms with E-state index in [0.717, 1.165) is 12.8 Å². The lowest BCUT2D eigenvalue weighted by atomic mass is 9.91. The zero-order chi connectivity index (χ0) is 13.7. The number of rotatable bonds is 6. The lowest BCUT2D eigenvalue weighted by Crippen LogP contribution is -1.96. The van der Waals surface area contributed by atoms with Gasteiger partial charge in [-0.15, -0.1) is 0 Å². The largest absolute Gasteiger partial charge is 0.238 e. The summed E-state index contributed by atoms with van der Waals surface area (Å²) < 4.78 is 24.2. The molecule has 0 N–H and O–H groups in total. The van der Waals surface area contributed by atoms with Crippen molar-refractivity contribution in [3.05, 3.63) is 48.0 Å². The normalized spacial score (nSPS) is 13.1. The Morgan fingerprint density at radius 1 is 0.895 bits per heavy atom. The van der Waals surface area contributed by atoms with Gasteiger partial charge in [-0.25, -0.2) is 8.78 Å². The van der Waals surface area contributed by atoms with Crippen LogP contribution in [0.5, 0.6) is 0 Å². The minimum atomic E-state index is -2.16. The van der Waals surface area contributed by atoms with Gasteiger partial charge in [-0.05, 0) is 35.1 Å². The van der Waals surface area contributed by atoms with Crippen molar-refractivity contribution in [3.8, 4) is 0 Å².